The molecule has 1 aliphatic heterocycles. The van der Waals surface area contributed by atoms with Gasteiger partial charge in [0.15, 0.2) is 11.8 Å². The second-order valence-corrected chi connectivity index (χ2v) is 8.27. The van der Waals surface area contributed by atoms with Gasteiger partial charge in [0, 0.05) is 46.4 Å². The predicted molar refractivity (Wildman–Crippen MR) is 124 cm³/mol. The van der Waals surface area contributed by atoms with Gasteiger partial charge >= 0.3 is 0 Å². The Kier molecular flexibility index (Phi) is 8.85. The highest BCUT2D eigenvalue weighted by Crippen LogP contribution is 2.13. The molecule has 1 unspecified atom stereocenters. The lowest BCUT2D eigenvalue weighted by Gasteiger charge is -2.33. The lowest BCUT2D eigenvalue weighted by Crippen LogP contribution is -2.49. The second-order valence-electron chi connectivity index (χ2n) is 8.27. The Hall–Kier alpha value is -2.45. The predicted octanol–water partition coefficient (Wildman–Crippen LogP) is 2.42. The van der Waals surface area contributed by atoms with Crippen LogP contribution in [0.15, 0.2) is 35.3 Å². The first kappa shape index (κ1) is 23.2. The first-order chi connectivity index (χ1) is 15.1. The summed E-state index contributed by atoms with van der Waals surface area (Å²) in [5.74, 6) is 2.58. The maximum absolute atomic E-state index is 5.18. The Morgan fingerprint density at radius 3 is 2.61 bits per heavy atom. The van der Waals surface area contributed by atoms with E-state index in [-0.39, 0.29) is 6.04 Å². The van der Waals surface area contributed by atoms with Crippen molar-refractivity contribution >= 4 is 5.96 Å². The van der Waals surface area contributed by atoms with Crippen molar-refractivity contribution in [3.05, 3.63) is 47.5 Å². The minimum atomic E-state index is 0.155. The smallest absolute Gasteiger partial charge is 0.192 e. The molecular formula is C23H37N7O. The van der Waals surface area contributed by atoms with Gasteiger partial charge in [-0.1, -0.05) is 30.3 Å². The van der Waals surface area contributed by atoms with E-state index in [1.807, 2.05) is 24.6 Å². The minimum absolute atomic E-state index is 0.155. The summed E-state index contributed by atoms with van der Waals surface area (Å²) in [6.07, 6.45) is 3.31. The average Bonchev–Trinajstić information content (AvgIpc) is 3.11. The van der Waals surface area contributed by atoms with E-state index in [2.05, 4.69) is 56.9 Å². The number of aromatic nitrogens is 3. The molecule has 2 heterocycles. The number of guanidine groups is 1. The number of benzene rings is 1. The Bertz CT molecular complexity index is 813. The highest BCUT2D eigenvalue weighted by Gasteiger charge is 2.20. The molecule has 1 aliphatic rings. The molecule has 8 heteroatoms. The van der Waals surface area contributed by atoms with Crippen LogP contribution in [0.25, 0.3) is 0 Å². The summed E-state index contributed by atoms with van der Waals surface area (Å²) in [5.41, 5.74) is 1.24. The van der Waals surface area contributed by atoms with E-state index in [4.69, 9.17) is 9.73 Å². The number of hydrogen-bond acceptors (Lipinski definition) is 5. The van der Waals surface area contributed by atoms with Gasteiger partial charge in [-0.3, -0.25) is 0 Å². The highest BCUT2D eigenvalue weighted by atomic mass is 16.5. The molecular weight excluding hydrogens is 390 g/mol. The average molecular weight is 428 g/mol. The molecule has 1 atom stereocenters. The van der Waals surface area contributed by atoms with Crippen molar-refractivity contribution in [1.29, 1.82) is 0 Å². The molecule has 0 radical (unpaired) electrons. The normalized spacial score (nSPS) is 17.0. The van der Waals surface area contributed by atoms with Gasteiger partial charge in [-0.15, -0.1) is 10.2 Å². The summed E-state index contributed by atoms with van der Waals surface area (Å²) < 4.78 is 7.17. The molecule has 0 saturated carbocycles. The van der Waals surface area contributed by atoms with Crippen LogP contribution in [0.2, 0.25) is 0 Å². The molecule has 2 aromatic rings. The number of piperidine rings is 1. The lowest BCUT2D eigenvalue weighted by atomic mass is 10.0. The van der Waals surface area contributed by atoms with Crippen LogP contribution in [-0.2, 0) is 18.3 Å². The largest absolute Gasteiger partial charge is 0.385 e. The first-order valence-electron chi connectivity index (χ1n) is 11.3. The molecule has 0 bridgehead atoms. The van der Waals surface area contributed by atoms with E-state index in [9.17, 15) is 0 Å². The maximum atomic E-state index is 5.18. The molecule has 2 N–H and O–H groups in total. The Morgan fingerprint density at radius 2 is 1.97 bits per heavy atom. The van der Waals surface area contributed by atoms with Gasteiger partial charge in [-0.2, -0.15) is 0 Å². The van der Waals surface area contributed by atoms with Gasteiger partial charge in [0.2, 0.25) is 0 Å². The fourth-order valence-electron chi connectivity index (χ4n) is 3.83. The summed E-state index contributed by atoms with van der Waals surface area (Å²) in [6, 6.07) is 11.0. The van der Waals surface area contributed by atoms with E-state index in [0.717, 1.165) is 63.1 Å². The summed E-state index contributed by atoms with van der Waals surface area (Å²) in [5, 5.41) is 15.6. The van der Waals surface area contributed by atoms with Crippen LogP contribution in [0, 0.1) is 6.92 Å². The number of nitrogens with one attached hydrogen (secondary N) is 2. The van der Waals surface area contributed by atoms with Gasteiger partial charge in [0.05, 0.1) is 6.04 Å². The van der Waals surface area contributed by atoms with Gasteiger partial charge < -0.3 is 24.8 Å². The SMILES string of the molecule is COCCCN1CCC(NC(=NCc2nnc(C)n2C)NC(C)c2ccccc2)CC1. The lowest BCUT2D eigenvalue weighted by molar-refractivity contribution is 0.155. The third-order valence-electron chi connectivity index (χ3n) is 5.97. The van der Waals surface area contributed by atoms with Gasteiger partial charge in [0.25, 0.3) is 0 Å². The number of hydrogen-bond donors (Lipinski definition) is 2. The fraction of sp³-hybridized carbons (Fsp3) is 0.609. The molecule has 3 rings (SSSR count). The van der Waals surface area contributed by atoms with Crippen LogP contribution in [0.1, 0.15) is 49.4 Å². The van der Waals surface area contributed by atoms with Gasteiger partial charge in [-0.25, -0.2) is 4.99 Å². The third-order valence-corrected chi connectivity index (χ3v) is 5.97. The zero-order chi connectivity index (χ0) is 22.1. The summed E-state index contributed by atoms with van der Waals surface area (Å²) in [6.45, 7) is 8.75. The van der Waals surface area contributed by atoms with Crippen molar-refractivity contribution in [3.8, 4) is 0 Å². The van der Waals surface area contributed by atoms with E-state index < -0.39 is 0 Å². The zero-order valence-corrected chi connectivity index (χ0v) is 19.3. The Morgan fingerprint density at radius 1 is 1.23 bits per heavy atom. The van der Waals surface area contributed by atoms with E-state index in [1.54, 1.807) is 7.11 Å². The summed E-state index contributed by atoms with van der Waals surface area (Å²) >= 11 is 0. The first-order valence-corrected chi connectivity index (χ1v) is 11.3. The number of nitrogens with zero attached hydrogens (tertiary/aromatic N) is 5. The van der Waals surface area contributed by atoms with Crippen molar-refractivity contribution in [2.45, 2.75) is 51.7 Å². The van der Waals surface area contributed by atoms with Crippen molar-refractivity contribution in [3.63, 3.8) is 0 Å². The summed E-state index contributed by atoms with van der Waals surface area (Å²) in [7, 11) is 3.75. The maximum Gasteiger partial charge on any atom is 0.192 e. The van der Waals surface area contributed by atoms with Crippen LogP contribution >= 0.6 is 0 Å². The number of methoxy groups -OCH3 is 1. The molecule has 170 valence electrons. The number of aliphatic imine (C=N–C) groups is 1. The van der Waals surface area contributed by atoms with E-state index in [0.29, 0.717) is 12.6 Å². The van der Waals surface area contributed by atoms with Gasteiger partial charge in [0.1, 0.15) is 12.4 Å². The zero-order valence-electron chi connectivity index (χ0n) is 19.3. The number of aryl methyl sites for hydroxylation is 1. The molecule has 1 aromatic heterocycles. The monoisotopic (exact) mass is 427 g/mol. The highest BCUT2D eigenvalue weighted by molar-refractivity contribution is 5.80. The van der Waals surface area contributed by atoms with Crippen LogP contribution in [0.5, 0.6) is 0 Å². The Labute approximate surface area is 186 Å². The van der Waals surface area contributed by atoms with E-state index >= 15 is 0 Å². The Balaban J connectivity index is 1.61. The van der Waals surface area contributed by atoms with Crippen LogP contribution in [-0.4, -0.2) is 65.0 Å². The molecule has 0 spiro atoms. The summed E-state index contributed by atoms with van der Waals surface area (Å²) in [4.78, 5) is 7.37. The second kappa shape index (κ2) is 11.8. The molecule has 31 heavy (non-hydrogen) atoms. The standard InChI is InChI=1S/C23H37N7O/c1-18(20-9-6-5-7-10-20)25-23(24-17-22-28-27-19(2)29(22)3)26-21-11-14-30(15-12-21)13-8-16-31-4/h5-7,9-10,18,21H,8,11-17H2,1-4H3,(H2,24,25,26). The number of rotatable bonds is 9. The molecule has 0 aliphatic carbocycles. The quantitative estimate of drug-likeness (QED) is 0.364. The molecule has 8 nitrogen and oxygen atoms in total. The van der Waals surface area contributed by atoms with Crippen LogP contribution < -0.4 is 10.6 Å². The van der Waals surface area contributed by atoms with Crippen molar-refractivity contribution in [2.75, 3.05) is 33.4 Å². The van der Waals surface area contributed by atoms with E-state index in [1.165, 1.54) is 5.56 Å². The molecule has 1 fully saturated rings. The fourth-order valence-corrected chi connectivity index (χ4v) is 3.83. The van der Waals surface area contributed by atoms with Crippen molar-refractivity contribution in [2.24, 2.45) is 12.0 Å². The molecule has 1 aromatic carbocycles. The van der Waals surface area contributed by atoms with Gasteiger partial charge in [-0.05, 0) is 38.7 Å². The molecule has 0 amide bonds. The van der Waals surface area contributed by atoms with Crippen LogP contribution in [0.3, 0.4) is 0 Å². The number of likely N-dealkylation sites (tertiary alicyclic amines) is 1. The number of ether oxygens (including phenoxy) is 1. The third kappa shape index (κ3) is 7.04. The van der Waals surface area contributed by atoms with Crippen molar-refractivity contribution < 1.29 is 4.74 Å². The molecule has 1 saturated heterocycles. The minimum Gasteiger partial charge on any atom is -0.385 e. The van der Waals surface area contributed by atoms with Crippen molar-refractivity contribution in [1.82, 2.24) is 30.3 Å². The topological polar surface area (TPSA) is 79.6 Å². The van der Waals surface area contributed by atoms with Crippen LogP contribution in [0.4, 0.5) is 0 Å².